The second-order valence-electron chi connectivity index (χ2n) is 4.11. The Morgan fingerprint density at radius 1 is 1.58 bits per heavy atom. The molecule has 7 heteroatoms. The number of aromatic nitrogens is 2. The topological polar surface area (TPSA) is 64.4 Å². The zero-order chi connectivity index (χ0) is 14.2. The molecule has 19 heavy (non-hydrogen) atoms. The number of hydrogen-bond acceptors (Lipinski definition) is 4. The molecule has 0 atom stereocenters. The molecule has 0 aliphatic heterocycles. The van der Waals surface area contributed by atoms with E-state index in [2.05, 4.69) is 5.10 Å². The molecule has 2 aromatic heterocycles. The molecular formula is C12H13ClN2O3S. The summed E-state index contributed by atoms with van der Waals surface area (Å²) in [4.78, 5) is 12.2. The van der Waals surface area contributed by atoms with Gasteiger partial charge in [-0.05, 0) is 19.9 Å². The molecule has 0 amide bonds. The van der Waals surface area contributed by atoms with Gasteiger partial charge in [0.15, 0.2) is 4.88 Å². The van der Waals surface area contributed by atoms with Gasteiger partial charge in [0.05, 0.1) is 16.4 Å². The SMILES string of the molecule is Cc1cc(OCc2c(Cl)c(C)nn2C)c(C(=O)O)s1. The summed E-state index contributed by atoms with van der Waals surface area (Å²) in [7, 11) is 1.77. The van der Waals surface area contributed by atoms with E-state index >= 15 is 0 Å². The van der Waals surface area contributed by atoms with Gasteiger partial charge in [0, 0.05) is 11.9 Å². The third-order valence-electron chi connectivity index (χ3n) is 2.64. The number of carbonyl (C=O) groups is 1. The lowest BCUT2D eigenvalue weighted by Crippen LogP contribution is -2.05. The zero-order valence-corrected chi connectivity index (χ0v) is 12.3. The van der Waals surface area contributed by atoms with Gasteiger partial charge < -0.3 is 9.84 Å². The quantitative estimate of drug-likeness (QED) is 0.942. The molecule has 2 aromatic rings. The Labute approximate surface area is 119 Å². The van der Waals surface area contributed by atoms with E-state index in [4.69, 9.17) is 21.4 Å². The van der Waals surface area contributed by atoms with E-state index in [1.54, 1.807) is 17.8 Å². The molecule has 2 heterocycles. The molecule has 0 radical (unpaired) electrons. The molecule has 0 aromatic carbocycles. The Kier molecular flexibility index (Phi) is 3.82. The van der Waals surface area contributed by atoms with Crippen LogP contribution in [-0.4, -0.2) is 20.9 Å². The van der Waals surface area contributed by atoms with Crippen molar-refractivity contribution < 1.29 is 14.6 Å². The van der Waals surface area contributed by atoms with Crippen LogP contribution in [0.25, 0.3) is 0 Å². The van der Waals surface area contributed by atoms with Crippen LogP contribution in [0.4, 0.5) is 0 Å². The van der Waals surface area contributed by atoms with Crippen molar-refractivity contribution >= 4 is 28.9 Å². The van der Waals surface area contributed by atoms with Crippen LogP contribution in [0.3, 0.4) is 0 Å². The summed E-state index contributed by atoms with van der Waals surface area (Å²) < 4.78 is 7.20. The van der Waals surface area contributed by atoms with Crippen LogP contribution in [-0.2, 0) is 13.7 Å². The maximum absolute atomic E-state index is 11.1. The molecule has 0 aliphatic carbocycles. The minimum absolute atomic E-state index is 0.187. The minimum Gasteiger partial charge on any atom is -0.485 e. The number of aryl methyl sites for hydroxylation is 3. The molecule has 0 bridgehead atoms. The summed E-state index contributed by atoms with van der Waals surface area (Å²) in [5, 5.41) is 13.8. The number of aromatic carboxylic acids is 1. The molecule has 102 valence electrons. The first-order valence-electron chi connectivity index (χ1n) is 5.54. The Balaban J connectivity index is 2.21. The van der Waals surface area contributed by atoms with E-state index in [0.717, 1.165) is 16.3 Å². The number of hydrogen-bond donors (Lipinski definition) is 1. The fourth-order valence-electron chi connectivity index (χ4n) is 1.73. The lowest BCUT2D eigenvalue weighted by molar-refractivity contribution is 0.0697. The smallest absolute Gasteiger partial charge is 0.349 e. The summed E-state index contributed by atoms with van der Waals surface area (Å²) in [5.41, 5.74) is 1.45. The Hall–Kier alpha value is -1.53. The van der Waals surface area contributed by atoms with Gasteiger partial charge in [0.25, 0.3) is 0 Å². The van der Waals surface area contributed by atoms with Crippen molar-refractivity contribution in [2.75, 3.05) is 0 Å². The van der Waals surface area contributed by atoms with Crippen LogP contribution in [0, 0.1) is 13.8 Å². The van der Waals surface area contributed by atoms with Crippen LogP contribution in [0.15, 0.2) is 6.07 Å². The van der Waals surface area contributed by atoms with Crippen molar-refractivity contribution in [3.63, 3.8) is 0 Å². The van der Waals surface area contributed by atoms with Crippen molar-refractivity contribution in [2.24, 2.45) is 7.05 Å². The van der Waals surface area contributed by atoms with E-state index in [-0.39, 0.29) is 11.5 Å². The first-order chi connectivity index (χ1) is 8.90. The average Bonchev–Trinajstić information content (AvgIpc) is 2.80. The van der Waals surface area contributed by atoms with Crippen molar-refractivity contribution in [1.82, 2.24) is 9.78 Å². The third-order valence-corrected chi connectivity index (χ3v) is 4.15. The Morgan fingerprint density at radius 2 is 2.26 bits per heavy atom. The molecule has 0 saturated carbocycles. The maximum Gasteiger partial charge on any atom is 0.349 e. The van der Waals surface area contributed by atoms with Crippen LogP contribution < -0.4 is 4.74 Å². The lowest BCUT2D eigenvalue weighted by Gasteiger charge is -2.06. The summed E-state index contributed by atoms with van der Waals surface area (Å²) in [5.74, 6) is -0.620. The van der Waals surface area contributed by atoms with Crippen molar-refractivity contribution in [3.05, 3.63) is 32.2 Å². The first-order valence-corrected chi connectivity index (χ1v) is 6.74. The van der Waals surface area contributed by atoms with E-state index in [1.807, 2.05) is 13.8 Å². The van der Waals surface area contributed by atoms with Gasteiger partial charge >= 0.3 is 5.97 Å². The van der Waals surface area contributed by atoms with Crippen LogP contribution in [0.5, 0.6) is 5.75 Å². The molecule has 0 aliphatic rings. The Bertz CT molecular complexity index is 633. The third kappa shape index (κ3) is 2.74. The van der Waals surface area contributed by atoms with E-state index in [9.17, 15) is 4.79 Å². The summed E-state index contributed by atoms with van der Waals surface area (Å²) >= 11 is 7.30. The van der Waals surface area contributed by atoms with Crippen molar-refractivity contribution in [3.8, 4) is 5.75 Å². The Morgan fingerprint density at radius 3 is 2.79 bits per heavy atom. The monoisotopic (exact) mass is 300 g/mol. The molecule has 2 rings (SSSR count). The van der Waals surface area contributed by atoms with Gasteiger partial charge in [0.1, 0.15) is 12.4 Å². The molecule has 0 unspecified atom stereocenters. The molecule has 1 N–H and O–H groups in total. The van der Waals surface area contributed by atoms with Crippen LogP contribution in [0.1, 0.15) is 25.9 Å². The fraction of sp³-hybridized carbons (Fsp3) is 0.333. The number of thiophene rings is 1. The highest BCUT2D eigenvalue weighted by atomic mass is 35.5. The van der Waals surface area contributed by atoms with Crippen LogP contribution >= 0.6 is 22.9 Å². The molecule has 5 nitrogen and oxygen atoms in total. The van der Waals surface area contributed by atoms with Crippen LogP contribution in [0.2, 0.25) is 5.02 Å². The van der Waals surface area contributed by atoms with E-state index < -0.39 is 5.97 Å². The van der Waals surface area contributed by atoms with Crippen molar-refractivity contribution in [1.29, 1.82) is 0 Å². The predicted molar refractivity (Wildman–Crippen MR) is 73.3 cm³/mol. The fourth-order valence-corrected chi connectivity index (χ4v) is 2.74. The molecular weight excluding hydrogens is 288 g/mol. The number of nitrogens with zero attached hydrogens (tertiary/aromatic N) is 2. The zero-order valence-electron chi connectivity index (χ0n) is 10.7. The second-order valence-corrected chi connectivity index (χ2v) is 5.75. The van der Waals surface area contributed by atoms with Gasteiger partial charge in [0.2, 0.25) is 0 Å². The predicted octanol–water partition coefficient (Wildman–Crippen LogP) is 3.03. The molecule has 0 saturated heterocycles. The highest BCUT2D eigenvalue weighted by molar-refractivity contribution is 7.14. The van der Waals surface area contributed by atoms with E-state index in [0.29, 0.717) is 10.8 Å². The first kappa shape index (κ1) is 13.9. The van der Waals surface area contributed by atoms with Gasteiger partial charge in [-0.25, -0.2) is 4.79 Å². The molecule has 0 fully saturated rings. The highest BCUT2D eigenvalue weighted by Gasteiger charge is 2.17. The molecule has 0 spiro atoms. The summed E-state index contributed by atoms with van der Waals surface area (Å²) in [6.07, 6.45) is 0. The lowest BCUT2D eigenvalue weighted by atomic mass is 10.3. The van der Waals surface area contributed by atoms with Gasteiger partial charge in [-0.2, -0.15) is 5.10 Å². The van der Waals surface area contributed by atoms with Gasteiger partial charge in [-0.1, -0.05) is 11.6 Å². The van der Waals surface area contributed by atoms with Crippen molar-refractivity contribution in [2.45, 2.75) is 20.5 Å². The van der Waals surface area contributed by atoms with Gasteiger partial charge in [-0.15, -0.1) is 11.3 Å². The standard InChI is InChI=1S/C12H13ClN2O3S/c1-6-4-9(11(19-6)12(16)17)18-5-8-10(13)7(2)14-15(8)3/h4H,5H2,1-3H3,(H,16,17). The second kappa shape index (κ2) is 5.22. The number of rotatable bonds is 4. The maximum atomic E-state index is 11.1. The number of halogens is 1. The minimum atomic E-state index is -0.986. The number of carboxylic acid groups (broad SMARTS) is 1. The normalized spacial score (nSPS) is 10.7. The number of ether oxygens (including phenoxy) is 1. The van der Waals surface area contributed by atoms with E-state index in [1.165, 1.54) is 11.3 Å². The largest absolute Gasteiger partial charge is 0.485 e. The highest BCUT2D eigenvalue weighted by Crippen LogP contribution is 2.30. The summed E-state index contributed by atoms with van der Waals surface area (Å²) in [6.45, 7) is 3.83. The average molecular weight is 301 g/mol. The summed E-state index contributed by atoms with van der Waals surface area (Å²) in [6, 6.07) is 1.71. The van der Waals surface area contributed by atoms with Gasteiger partial charge in [-0.3, -0.25) is 4.68 Å². The number of carboxylic acids is 1.